The highest BCUT2D eigenvalue weighted by Gasteiger charge is 2.25. The normalized spacial score (nSPS) is 14.9. The van der Waals surface area contributed by atoms with Gasteiger partial charge in [-0.25, -0.2) is 13.4 Å². The van der Waals surface area contributed by atoms with E-state index in [4.69, 9.17) is 4.42 Å². The lowest BCUT2D eigenvalue weighted by molar-refractivity contribution is -0.121. The summed E-state index contributed by atoms with van der Waals surface area (Å²) in [6.07, 6.45) is 5.23. The van der Waals surface area contributed by atoms with Crippen molar-refractivity contribution in [2.75, 3.05) is 13.1 Å². The number of oxazole rings is 1. The van der Waals surface area contributed by atoms with Crippen LogP contribution in [0.3, 0.4) is 0 Å². The molecule has 1 fully saturated rings. The maximum absolute atomic E-state index is 12.7. The van der Waals surface area contributed by atoms with Crippen LogP contribution in [0.5, 0.6) is 0 Å². The summed E-state index contributed by atoms with van der Waals surface area (Å²) in [5, 5.41) is 2.86. The van der Waals surface area contributed by atoms with Gasteiger partial charge in [0.15, 0.2) is 11.7 Å². The molecule has 8 heteroatoms. The second kappa shape index (κ2) is 10.1. The van der Waals surface area contributed by atoms with Gasteiger partial charge in [-0.15, -0.1) is 0 Å². The van der Waals surface area contributed by atoms with Crippen LogP contribution in [-0.2, 0) is 27.8 Å². The molecule has 1 aliphatic rings. The molecule has 0 unspecified atom stereocenters. The number of sulfonamides is 1. The number of aromatic nitrogens is 1. The van der Waals surface area contributed by atoms with E-state index in [9.17, 15) is 13.2 Å². The molecule has 2 heterocycles. The quantitative estimate of drug-likeness (QED) is 0.561. The van der Waals surface area contributed by atoms with Crippen molar-refractivity contribution in [3.05, 3.63) is 72.2 Å². The molecule has 7 nitrogen and oxygen atoms in total. The monoisotopic (exact) mass is 453 g/mol. The minimum Gasteiger partial charge on any atom is -0.441 e. The highest BCUT2D eigenvalue weighted by molar-refractivity contribution is 7.89. The van der Waals surface area contributed by atoms with Gasteiger partial charge >= 0.3 is 0 Å². The number of carbonyl (C=O) groups excluding carboxylic acids is 1. The summed E-state index contributed by atoms with van der Waals surface area (Å²) in [7, 11) is -3.44. The van der Waals surface area contributed by atoms with Crippen LogP contribution in [0.25, 0.3) is 11.3 Å². The van der Waals surface area contributed by atoms with E-state index < -0.39 is 10.0 Å². The molecule has 3 aromatic rings. The van der Waals surface area contributed by atoms with Crippen molar-refractivity contribution in [2.24, 2.45) is 0 Å². The van der Waals surface area contributed by atoms with E-state index in [1.165, 1.54) is 0 Å². The third-order valence-electron chi connectivity index (χ3n) is 5.54. The average Bonchev–Trinajstić information content (AvgIpc) is 3.32. The molecular weight excluding hydrogens is 426 g/mol. The Morgan fingerprint density at radius 3 is 2.44 bits per heavy atom. The summed E-state index contributed by atoms with van der Waals surface area (Å²) in [6, 6.07) is 16.4. The van der Waals surface area contributed by atoms with Gasteiger partial charge < -0.3 is 9.73 Å². The number of carbonyl (C=O) groups is 1. The number of nitrogens with zero attached hydrogens (tertiary/aromatic N) is 2. The fraction of sp³-hybridized carbons (Fsp3) is 0.333. The minimum atomic E-state index is -3.44. The number of hydrogen-bond donors (Lipinski definition) is 1. The van der Waals surface area contributed by atoms with Gasteiger partial charge in [-0.05, 0) is 30.5 Å². The molecule has 0 bridgehead atoms. The van der Waals surface area contributed by atoms with Crippen LogP contribution >= 0.6 is 0 Å². The topological polar surface area (TPSA) is 92.5 Å². The summed E-state index contributed by atoms with van der Waals surface area (Å²) in [6.45, 7) is 1.50. The lowest BCUT2D eigenvalue weighted by Gasteiger charge is -2.25. The summed E-state index contributed by atoms with van der Waals surface area (Å²) in [5.41, 5.74) is 1.79. The smallest absolute Gasteiger partial charge is 0.243 e. The second-order valence-electron chi connectivity index (χ2n) is 7.87. The van der Waals surface area contributed by atoms with E-state index in [2.05, 4.69) is 10.3 Å². The van der Waals surface area contributed by atoms with Gasteiger partial charge in [0.25, 0.3) is 0 Å². The van der Waals surface area contributed by atoms with E-state index in [1.807, 2.05) is 30.3 Å². The number of piperidine rings is 1. The number of nitrogens with one attached hydrogen (secondary N) is 1. The van der Waals surface area contributed by atoms with E-state index in [0.29, 0.717) is 42.6 Å². The van der Waals surface area contributed by atoms with Crippen LogP contribution in [0, 0.1) is 0 Å². The Balaban J connectivity index is 1.26. The molecule has 1 saturated heterocycles. The lowest BCUT2D eigenvalue weighted by atomic mass is 10.2. The van der Waals surface area contributed by atoms with Crippen molar-refractivity contribution in [3.8, 4) is 11.3 Å². The third kappa shape index (κ3) is 5.44. The zero-order chi connectivity index (χ0) is 22.4. The Morgan fingerprint density at radius 2 is 1.72 bits per heavy atom. The second-order valence-corrected chi connectivity index (χ2v) is 9.81. The van der Waals surface area contributed by atoms with Gasteiger partial charge in [0.1, 0.15) is 0 Å². The number of benzene rings is 2. The molecule has 1 amide bonds. The average molecular weight is 454 g/mol. The zero-order valence-corrected chi connectivity index (χ0v) is 18.7. The molecule has 2 aromatic carbocycles. The highest BCUT2D eigenvalue weighted by Crippen LogP contribution is 2.21. The summed E-state index contributed by atoms with van der Waals surface area (Å²) >= 11 is 0. The molecular formula is C24H27N3O4S. The lowest BCUT2D eigenvalue weighted by Crippen LogP contribution is -2.35. The standard InChI is InChI=1S/C24H27N3O4S/c28-23(13-14-24-26-18-22(31-24)20-7-3-1-4-8-20)25-17-19-9-11-21(12-10-19)32(29,30)27-15-5-2-6-16-27/h1,3-4,7-12,18H,2,5-6,13-17H2,(H,25,28). The largest absolute Gasteiger partial charge is 0.441 e. The number of hydrogen-bond acceptors (Lipinski definition) is 5. The predicted octanol–water partition coefficient (Wildman–Crippen LogP) is 3.77. The Morgan fingerprint density at radius 1 is 1.00 bits per heavy atom. The summed E-state index contributed by atoms with van der Waals surface area (Å²) in [5.74, 6) is 1.08. The van der Waals surface area contributed by atoms with Crippen molar-refractivity contribution in [1.82, 2.24) is 14.6 Å². The highest BCUT2D eigenvalue weighted by atomic mass is 32.2. The fourth-order valence-corrected chi connectivity index (χ4v) is 5.22. The predicted molar refractivity (Wildman–Crippen MR) is 121 cm³/mol. The number of aryl methyl sites for hydroxylation is 1. The molecule has 0 spiro atoms. The van der Waals surface area contributed by atoms with E-state index in [1.54, 1.807) is 34.8 Å². The Hall–Kier alpha value is -2.97. The molecule has 0 radical (unpaired) electrons. The summed E-state index contributed by atoms with van der Waals surface area (Å²) < 4.78 is 32.7. The Labute approximate surface area is 188 Å². The van der Waals surface area contributed by atoms with Crippen LogP contribution in [0.1, 0.15) is 37.1 Å². The maximum Gasteiger partial charge on any atom is 0.243 e. The van der Waals surface area contributed by atoms with Crippen molar-refractivity contribution in [3.63, 3.8) is 0 Å². The molecule has 4 rings (SSSR count). The molecule has 0 aliphatic carbocycles. The van der Waals surface area contributed by atoms with Crippen LogP contribution in [-0.4, -0.2) is 36.7 Å². The first-order chi connectivity index (χ1) is 15.5. The van der Waals surface area contributed by atoms with Crippen LogP contribution in [0.2, 0.25) is 0 Å². The van der Waals surface area contributed by atoms with Crippen LogP contribution in [0.15, 0.2) is 70.1 Å². The van der Waals surface area contributed by atoms with Crippen LogP contribution < -0.4 is 5.32 Å². The Kier molecular flexibility index (Phi) is 7.02. The van der Waals surface area contributed by atoms with Gasteiger partial charge in [0.2, 0.25) is 15.9 Å². The molecule has 0 atom stereocenters. The van der Waals surface area contributed by atoms with Gasteiger partial charge in [-0.3, -0.25) is 4.79 Å². The third-order valence-corrected chi connectivity index (χ3v) is 7.46. The molecule has 0 saturated carbocycles. The SMILES string of the molecule is O=C(CCc1ncc(-c2ccccc2)o1)NCc1ccc(S(=O)(=O)N2CCCCC2)cc1. The van der Waals surface area contributed by atoms with Gasteiger partial charge in [0.05, 0.1) is 11.1 Å². The zero-order valence-electron chi connectivity index (χ0n) is 17.9. The van der Waals surface area contributed by atoms with Crippen molar-refractivity contribution in [2.45, 2.75) is 43.5 Å². The molecule has 32 heavy (non-hydrogen) atoms. The van der Waals surface area contributed by atoms with Gasteiger partial charge in [-0.1, -0.05) is 48.9 Å². The first kappa shape index (κ1) is 22.2. The molecule has 1 N–H and O–H groups in total. The van der Waals surface area contributed by atoms with E-state index >= 15 is 0 Å². The van der Waals surface area contributed by atoms with Gasteiger partial charge in [0, 0.05) is 38.0 Å². The summed E-state index contributed by atoms with van der Waals surface area (Å²) in [4.78, 5) is 16.8. The first-order valence-electron chi connectivity index (χ1n) is 10.9. The molecule has 1 aromatic heterocycles. The number of amides is 1. The van der Waals surface area contributed by atoms with E-state index in [-0.39, 0.29) is 12.3 Å². The van der Waals surface area contributed by atoms with E-state index in [0.717, 1.165) is 30.4 Å². The fourth-order valence-electron chi connectivity index (χ4n) is 3.70. The Bertz CT molecular complexity index is 1140. The maximum atomic E-state index is 12.7. The molecule has 1 aliphatic heterocycles. The van der Waals surface area contributed by atoms with Crippen molar-refractivity contribution in [1.29, 1.82) is 0 Å². The van der Waals surface area contributed by atoms with Gasteiger partial charge in [-0.2, -0.15) is 4.31 Å². The first-order valence-corrected chi connectivity index (χ1v) is 12.3. The van der Waals surface area contributed by atoms with Crippen molar-refractivity contribution >= 4 is 15.9 Å². The van der Waals surface area contributed by atoms with Crippen molar-refractivity contribution < 1.29 is 17.6 Å². The number of rotatable bonds is 8. The van der Waals surface area contributed by atoms with Crippen LogP contribution in [0.4, 0.5) is 0 Å². The minimum absolute atomic E-state index is 0.116. The molecule has 168 valence electrons.